The summed E-state index contributed by atoms with van der Waals surface area (Å²) in [5.41, 5.74) is 12.7. The fourth-order valence-corrected chi connectivity index (χ4v) is 8.35. The van der Waals surface area contributed by atoms with Gasteiger partial charge >= 0.3 is 0 Å². The molecule has 2 aliphatic heterocycles. The number of nitrogens with zero attached hydrogens (tertiary/aromatic N) is 8. The van der Waals surface area contributed by atoms with Crippen molar-refractivity contribution in [2.75, 3.05) is 19.6 Å². The minimum absolute atomic E-state index is 0.111. The molecule has 4 aromatic heterocycles. The number of fused-ring (bicyclic) bond motifs is 2. The normalized spacial score (nSPS) is 16.2. The number of hydrogen-bond donors (Lipinski definition) is 0. The molecule has 8 heteroatoms. The Balaban J connectivity index is 1.50. The van der Waals surface area contributed by atoms with E-state index in [0.717, 1.165) is 45.5 Å². The van der Waals surface area contributed by atoms with Crippen LogP contribution < -0.4 is 19.6 Å². The molecule has 1 atom stereocenters. The van der Waals surface area contributed by atoms with Crippen LogP contribution in [-0.2, 0) is 21.7 Å². The summed E-state index contributed by atoms with van der Waals surface area (Å²) in [6, 6.07) is 26.7. The van der Waals surface area contributed by atoms with Gasteiger partial charge in [-0.15, -0.1) is 0 Å². The van der Waals surface area contributed by atoms with Crippen molar-refractivity contribution in [2.45, 2.75) is 117 Å². The van der Waals surface area contributed by atoms with Crippen molar-refractivity contribution in [1.82, 2.24) is 19.9 Å². The molecule has 0 amide bonds. The summed E-state index contributed by atoms with van der Waals surface area (Å²) < 4.78 is 0. The average molecular weight is 771 g/mol. The molecule has 298 valence electrons. The third-order valence-corrected chi connectivity index (χ3v) is 11.6. The first kappa shape index (κ1) is 39.1. The van der Waals surface area contributed by atoms with Crippen LogP contribution in [0.15, 0.2) is 122 Å². The molecule has 0 aliphatic carbocycles. The van der Waals surface area contributed by atoms with E-state index in [1.165, 1.54) is 22.3 Å². The second-order valence-electron chi connectivity index (χ2n) is 20.0. The third kappa shape index (κ3) is 6.86. The van der Waals surface area contributed by atoms with Crippen LogP contribution in [0, 0.1) is 0 Å². The summed E-state index contributed by atoms with van der Waals surface area (Å²) in [7, 11) is 0. The predicted molar refractivity (Wildman–Crippen MR) is 241 cm³/mol. The van der Waals surface area contributed by atoms with Crippen molar-refractivity contribution in [3.05, 3.63) is 145 Å². The zero-order valence-electron chi connectivity index (χ0n) is 36.3. The highest BCUT2D eigenvalue weighted by Crippen LogP contribution is 2.57. The second-order valence-corrected chi connectivity index (χ2v) is 20.0. The molecule has 8 nitrogen and oxygen atoms in total. The van der Waals surface area contributed by atoms with Gasteiger partial charge in [0.05, 0.1) is 70.3 Å². The second kappa shape index (κ2) is 14.0. The molecule has 0 saturated carbocycles. The molecule has 2 aromatic carbocycles. The van der Waals surface area contributed by atoms with Gasteiger partial charge in [-0.25, -0.2) is 0 Å². The third-order valence-electron chi connectivity index (χ3n) is 11.6. The highest BCUT2D eigenvalue weighted by Gasteiger charge is 2.52. The number of aromatic nitrogens is 4. The summed E-state index contributed by atoms with van der Waals surface area (Å²) >= 11 is 0. The Morgan fingerprint density at radius 2 is 0.707 bits per heavy atom. The van der Waals surface area contributed by atoms with Gasteiger partial charge < -0.3 is 19.6 Å². The Bertz CT molecular complexity index is 2380. The van der Waals surface area contributed by atoms with Crippen LogP contribution in [0.3, 0.4) is 0 Å². The summed E-state index contributed by atoms with van der Waals surface area (Å²) in [6.45, 7) is 27.1. The van der Waals surface area contributed by atoms with Crippen LogP contribution >= 0.6 is 0 Å². The van der Waals surface area contributed by atoms with Gasteiger partial charge in [0.2, 0.25) is 0 Å². The van der Waals surface area contributed by atoms with E-state index >= 15 is 0 Å². The number of anilines is 8. The van der Waals surface area contributed by atoms with Gasteiger partial charge in [0.1, 0.15) is 0 Å². The number of rotatable bonds is 5. The van der Waals surface area contributed by atoms with Gasteiger partial charge in [0, 0.05) is 24.8 Å². The van der Waals surface area contributed by atoms with Gasteiger partial charge in [-0.2, -0.15) is 0 Å². The van der Waals surface area contributed by atoms with Crippen LogP contribution in [0.4, 0.5) is 45.5 Å². The van der Waals surface area contributed by atoms with Gasteiger partial charge in [0.25, 0.3) is 0 Å². The maximum Gasteiger partial charge on any atom is 0.151 e. The topological polar surface area (TPSA) is 64.5 Å². The lowest BCUT2D eigenvalue weighted by molar-refractivity contribution is 0.536. The minimum Gasteiger partial charge on any atom is -0.313 e. The fraction of sp³-hybridized carbons (Fsp3) is 0.360. The Hall–Kier alpha value is -5.76. The minimum atomic E-state index is -0.358. The lowest BCUT2D eigenvalue weighted by Gasteiger charge is -2.45. The Morgan fingerprint density at radius 1 is 0.362 bits per heavy atom. The smallest absolute Gasteiger partial charge is 0.151 e. The zero-order chi connectivity index (χ0) is 41.4. The van der Waals surface area contributed by atoms with E-state index in [9.17, 15) is 0 Å². The van der Waals surface area contributed by atoms with Crippen molar-refractivity contribution in [2.24, 2.45) is 0 Å². The van der Waals surface area contributed by atoms with Crippen molar-refractivity contribution >= 4 is 45.5 Å². The molecule has 8 rings (SSSR count). The molecule has 0 fully saturated rings. The van der Waals surface area contributed by atoms with E-state index in [2.05, 4.69) is 182 Å². The Morgan fingerprint density at radius 3 is 1.05 bits per heavy atom. The lowest BCUT2D eigenvalue weighted by atomic mass is 9.86. The molecule has 58 heavy (non-hydrogen) atoms. The van der Waals surface area contributed by atoms with Gasteiger partial charge in [0.15, 0.2) is 12.3 Å². The van der Waals surface area contributed by atoms with Crippen molar-refractivity contribution in [3.63, 3.8) is 0 Å². The number of pyridine rings is 4. The first-order chi connectivity index (χ1) is 27.3. The quantitative estimate of drug-likeness (QED) is 0.172. The van der Waals surface area contributed by atoms with E-state index in [0.29, 0.717) is 0 Å². The number of hydrogen-bond acceptors (Lipinski definition) is 8. The molecular weight excluding hydrogens is 713 g/mol. The van der Waals surface area contributed by atoms with Gasteiger partial charge in [-0.05, 0) is 92.4 Å². The monoisotopic (exact) mass is 770 g/mol. The molecule has 6 aromatic rings. The highest BCUT2D eigenvalue weighted by atomic mass is 15.5. The highest BCUT2D eigenvalue weighted by molar-refractivity contribution is 5.94. The maximum atomic E-state index is 4.94. The zero-order valence-corrected chi connectivity index (χ0v) is 36.3. The first-order valence-electron chi connectivity index (χ1n) is 20.5. The van der Waals surface area contributed by atoms with Crippen LogP contribution in [0.5, 0.6) is 0 Å². The fourth-order valence-electron chi connectivity index (χ4n) is 8.35. The molecule has 2 aliphatic rings. The largest absolute Gasteiger partial charge is 0.313 e. The SMILES string of the molecule is CC(C)(C)c1cncc(N2c3ccccc3N(c3cncc(C(C)(C)C)c3)C2C2N(c3cncc(C(C)(C)C)c3)c3ccccc3N2c2cnccc2C(C)(C)C)c1. The van der Waals surface area contributed by atoms with Crippen molar-refractivity contribution in [1.29, 1.82) is 0 Å². The molecule has 6 heterocycles. The molecule has 0 bridgehead atoms. The van der Waals surface area contributed by atoms with Gasteiger partial charge in [-0.1, -0.05) is 107 Å². The first-order valence-corrected chi connectivity index (χ1v) is 20.5. The van der Waals surface area contributed by atoms with E-state index < -0.39 is 0 Å². The van der Waals surface area contributed by atoms with Gasteiger partial charge in [-0.3, -0.25) is 19.9 Å². The molecule has 1 unspecified atom stereocenters. The number of para-hydroxylation sites is 4. The van der Waals surface area contributed by atoms with E-state index in [-0.39, 0.29) is 34.0 Å². The predicted octanol–water partition coefficient (Wildman–Crippen LogP) is 12.4. The van der Waals surface area contributed by atoms with Crippen LogP contribution in [0.2, 0.25) is 0 Å². The van der Waals surface area contributed by atoms with Crippen molar-refractivity contribution < 1.29 is 0 Å². The summed E-state index contributed by atoms with van der Waals surface area (Å²) in [5, 5.41) is 0. The summed E-state index contributed by atoms with van der Waals surface area (Å²) in [6.07, 6.45) is 15.4. The summed E-state index contributed by atoms with van der Waals surface area (Å²) in [5.74, 6) is 0. The van der Waals surface area contributed by atoms with Crippen molar-refractivity contribution in [3.8, 4) is 0 Å². The molecule has 0 saturated heterocycles. The van der Waals surface area contributed by atoms with Crippen LogP contribution in [0.1, 0.15) is 105 Å². The molecular formula is C50H58N8. The van der Waals surface area contributed by atoms with Crippen LogP contribution in [-0.4, -0.2) is 32.3 Å². The van der Waals surface area contributed by atoms with E-state index in [1.807, 2.05) is 43.4 Å². The molecule has 0 N–H and O–H groups in total. The summed E-state index contributed by atoms with van der Waals surface area (Å²) in [4.78, 5) is 29.7. The lowest BCUT2D eigenvalue weighted by Crippen LogP contribution is -2.58. The Labute approximate surface area is 345 Å². The Kier molecular flexibility index (Phi) is 9.41. The average Bonchev–Trinajstić information content (AvgIpc) is 3.70. The molecule has 0 spiro atoms. The molecule has 0 radical (unpaired) electrons. The van der Waals surface area contributed by atoms with E-state index in [4.69, 9.17) is 19.9 Å². The maximum absolute atomic E-state index is 4.94. The van der Waals surface area contributed by atoms with E-state index in [1.54, 1.807) is 0 Å². The number of benzene rings is 2. The van der Waals surface area contributed by atoms with Crippen LogP contribution in [0.25, 0.3) is 0 Å². The standard InChI is InChI=1S/C50H58N8/c1-47(2,3)33-23-36(29-52-26-33)55-40-17-13-14-18-41(40)56(37-24-34(27-53-30-37)48(4,5)6)45(55)46-57(38-25-35(28-54-31-38)49(7,8)9)42-19-15-16-20-43(42)58(46)44-32-51-22-21-39(44)50(10,11)12/h13-32,45-46H,1-12H3.